The lowest BCUT2D eigenvalue weighted by Gasteiger charge is -2.04. The second-order valence-electron chi connectivity index (χ2n) is 3.83. The van der Waals surface area contributed by atoms with Gasteiger partial charge in [-0.2, -0.15) is 0 Å². The highest BCUT2D eigenvalue weighted by atomic mass is 15.0. The van der Waals surface area contributed by atoms with Crippen molar-refractivity contribution >= 4 is 16.9 Å². The normalized spacial score (nSPS) is 10.6. The lowest BCUT2D eigenvalue weighted by molar-refractivity contribution is 1.09. The maximum Gasteiger partial charge on any atom is 0.139 e. The number of nitrogens with one attached hydrogen (secondary N) is 2. The van der Waals surface area contributed by atoms with Gasteiger partial charge >= 0.3 is 0 Å². The molecule has 84 valence electrons. The Kier molecular flexibility index (Phi) is 2.46. The Hall–Kier alpha value is -2.36. The molecule has 3 rings (SSSR count). The second kappa shape index (κ2) is 4.25. The summed E-state index contributed by atoms with van der Waals surface area (Å²) in [6.45, 7) is 0.729. The van der Waals surface area contributed by atoms with Gasteiger partial charge in [0.05, 0.1) is 0 Å². The van der Waals surface area contributed by atoms with Crippen molar-refractivity contribution in [1.82, 2.24) is 15.0 Å². The highest BCUT2D eigenvalue weighted by Gasteiger charge is 1.98. The average molecular weight is 224 g/mol. The summed E-state index contributed by atoms with van der Waals surface area (Å²) in [7, 11) is 0. The highest BCUT2D eigenvalue weighted by Crippen LogP contribution is 2.13. The molecule has 3 aromatic heterocycles. The van der Waals surface area contributed by atoms with Gasteiger partial charge in [0.2, 0.25) is 0 Å². The fourth-order valence-electron chi connectivity index (χ4n) is 1.72. The molecule has 4 heteroatoms. The van der Waals surface area contributed by atoms with E-state index in [1.165, 1.54) is 0 Å². The van der Waals surface area contributed by atoms with Crippen LogP contribution in [0.15, 0.2) is 48.9 Å². The monoisotopic (exact) mass is 224 g/mol. The number of aromatic nitrogens is 3. The lowest BCUT2D eigenvalue weighted by atomic mass is 10.3. The summed E-state index contributed by atoms with van der Waals surface area (Å²) in [6, 6.07) is 10.00. The fourth-order valence-corrected chi connectivity index (χ4v) is 1.72. The van der Waals surface area contributed by atoms with Gasteiger partial charge in [0.25, 0.3) is 0 Å². The number of pyridine rings is 2. The summed E-state index contributed by atoms with van der Waals surface area (Å²) in [4.78, 5) is 11.6. The molecule has 0 aliphatic carbocycles. The van der Waals surface area contributed by atoms with Crippen LogP contribution in [0.1, 0.15) is 5.56 Å². The molecule has 17 heavy (non-hydrogen) atoms. The van der Waals surface area contributed by atoms with E-state index in [0.717, 1.165) is 29.0 Å². The minimum atomic E-state index is 0.729. The highest BCUT2D eigenvalue weighted by molar-refractivity contribution is 5.77. The van der Waals surface area contributed by atoms with Gasteiger partial charge in [-0.05, 0) is 29.8 Å². The molecule has 0 aliphatic heterocycles. The quantitative estimate of drug-likeness (QED) is 0.719. The second-order valence-corrected chi connectivity index (χ2v) is 3.83. The minimum Gasteiger partial charge on any atom is -0.366 e. The lowest BCUT2D eigenvalue weighted by Crippen LogP contribution is -2.01. The van der Waals surface area contributed by atoms with Crippen molar-refractivity contribution in [2.75, 3.05) is 5.32 Å². The number of anilines is 1. The van der Waals surface area contributed by atoms with Crippen molar-refractivity contribution in [2.24, 2.45) is 0 Å². The van der Waals surface area contributed by atoms with Gasteiger partial charge in [-0.15, -0.1) is 0 Å². The van der Waals surface area contributed by atoms with Crippen LogP contribution in [-0.4, -0.2) is 15.0 Å². The predicted molar refractivity (Wildman–Crippen MR) is 67.7 cm³/mol. The molecule has 3 aromatic rings. The third-order valence-corrected chi connectivity index (χ3v) is 2.61. The van der Waals surface area contributed by atoms with Crippen LogP contribution in [0, 0.1) is 0 Å². The molecule has 0 atom stereocenters. The molecule has 4 nitrogen and oxygen atoms in total. The van der Waals surface area contributed by atoms with Crippen molar-refractivity contribution in [3.8, 4) is 0 Å². The van der Waals surface area contributed by atoms with E-state index in [-0.39, 0.29) is 0 Å². The molecule has 0 bridgehead atoms. The molecule has 0 fully saturated rings. The zero-order chi connectivity index (χ0) is 11.5. The fraction of sp³-hybridized carbons (Fsp3) is 0.0769. The first-order chi connectivity index (χ1) is 8.42. The van der Waals surface area contributed by atoms with Crippen LogP contribution in [-0.2, 0) is 6.54 Å². The summed E-state index contributed by atoms with van der Waals surface area (Å²) < 4.78 is 0. The van der Waals surface area contributed by atoms with E-state index >= 15 is 0 Å². The number of H-pyrrole nitrogens is 1. The Bertz CT molecular complexity index is 615. The molecule has 0 radical (unpaired) electrons. The van der Waals surface area contributed by atoms with Crippen molar-refractivity contribution in [1.29, 1.82) is 0 Å². The van der Waals surface area contributed by atoms with Gasteiger partial charge in [-0.3, -0.25) is 4.98 Å². The van der Waals surface area contributed by atoms with E-state index in [9.17, 15) is 0 Å². The molecule has 0 amide bonds. The van der Waals surface area contributed by atoms with Crippen LogP contribution in [0.5, 0.6) is 0 Å². The van der Waals surface area contributed by atoms with Crippen molar-refractivity contribution in [3.05, 3.63) is 54.5 Å². The maximum absolute atomic E-state index is 4.46. The molecular weight excluding hydrogens is 212 g/mol. The SMILES string of the molecule is c1cncc(CNc2ccc3cc[nH]c3n2)c1. The van der Waals surface area contributed by atoms with Crippen LogP contribution < -0.4 is 5.32 Å². The van der Waals surface area contributed by atoms with E-state index < -0.39 is 0 Å². The van der Waals surface area contributed by atoms with Gasteiger partial charge in [-0.1, -0.05) is 6.07 Å². The Labute approximate surface area is 98.7 Å². The van der Waals surface area contributed by atoms with Crippen LogP contribution >= 0.6 is 0 Å². The minimum absolute atomic E-state index is 0.729. The molecule has 0 unspecified atom stereocenters. The molecule has 2 N–H and O–H groups in total. The summed E-state index contributed by atoms with van der Waals surface area (Å²) in [5.74, 6) is 0.865. The van der Waals surface area contributed by atoms with Gasteiger partial charge in [-0.25, -0.2) is 4.98 Å². The zero-order valence-corrected chi connectivity index (χ0v) is 9.22. The standard InChI is InChI=1S/C13H12N4/c1-2-10(8-14-6-1)9-16-12-4-3-11-5-7-15-13(11)17-12/h1-8H,9H2,(H2,15,16,17). The molecule has 0 spiro atoms. The Morgan fingerprint density at radius 2 is 2.18 bits per heavy atom. The first-order valence-corrected chi connectivity index (χ1v) is 5.49. The number of hydrogen-bond donors (Lipinski definition) is 2. The van der Waals surface area contributed by atoms with E-state index in [4.69, 9.17) is 0 Å². The zero-order valence-electron chi connectivity index (χ0n) is 9.22. The van der Waals surface area contributed by atoms with Crippen LogP contribution in [0.4, 0.5) is 5.82 Å². The van der Waals surface area contributed by atoms with E-state index in [0.29, 0.717) is 0 Å². The van der Waals surface area contributed by atoms with Crippen LogP contribution in [0.3, 0.4) is 0 Å². The first-order valence-electron chi connectivity index (χ1n) is 5.49. The van der Waals surface area contributed by atoms with Gasteiger partial charge < -0.3 is 10.3 Å². The largest absolute Gasteiger partial charge is 0.366 e. The van der Waals surface area contributed by atoms with E-state index in [1.54, 1.807) is 6.20 Å². The van der Waals surface area contributed by atoms with E-state index in [2.05, 4.69) is 20.3 Å². The van der Waals surface area contributed by atoms with Crippen LogP contribution in [0.25, 0.3) is 11.0 Å². The van der Waals surface area contributed by atoms with Crippen molar-refractivity contribution in [2.45, 2.75) is 6.54 Å². The predicted octanol–water partition coefficient (Wildman–Crippen LogP) is 2.57. The summed E-state index contributed by atoms with van der Waals surface area (Å²) >= 11 is 0. The molecule has 0 saturated carbocycles. The molecule has 0 aromatic carbocycles. The Morgan fingerprint density at radius 1 is 1.18 bits per heavy atom. The Morgan fingerprint density at radius 3 is 3.06 bits per heavy atom. The van der Waals surface area contributed by atoms with Crippen LogP contribution in [0.2, 0.25) is 0 Å². The number of rotatable bonds is 3. The number of nitrogens with zero attached hydrogens (tertiary/aromatic N) is 2. The molecule has 0 saturated heterocycles. The third-order valence-electron chi connectivity index (χ3n) is 2.61. The molecule has 0 aliphatic rings. The number of fused-ring (bicyclic) bond motifs is 1. The van der Waals surface area contributed by atoms with E-state index in [1.807, 2.05) is 42.7 Å². The summed E-state index contributed by atoms with van der Waals surface area (Å²) in [6.07, 6.45) is 5.51. The van der Waals surface area contributed by atoms with Gasteiger partial charge in [0.15, 0.2) is 0 Å². The van der Waals surface area contributed by atoms with Gasteiger partial charge in [0.1, 0.15) is 11.5 Å². The van der Waals surface area contributed by atoms with Crippen molar-refractivity contribution < 1.29 is 0 Å². The Balaban J connectivity index is 1.76. The number of aromatic amines is 1. The van der Waals surface area contributed by atoms with Gasteiger partial charge in [0, 0.05) is 30.5 Å². The molecule has 3 heterocycles. The third kappa shape index (κ3) is 2.10. The number of hydrogen-bond acceptors (Lipinski definition) is 3. The smallest absolute Gasteiger partial charge is 0.139 e. The average Bonchev–Trinajstić information content (AvgIpc) is 2.85. The topological polar surface area (TPSA) is 53.6 Å². The maximum atomic E-state index is 4.46. The summed E-state index contributed by atoms with van der Waals surface area (Å²) in [5.41, 5.74) is 2.04. The summed E-state index contributed by atoms with van der Waals surface area (Å²) in [5, 5.41) is 4.39. The van der Waals surface area contributed by atoms with Crippen molar-refractivity contribution in [3.63, 3.8) is 0 Å². The molecular formula is C13H12N4. The first kappa shape index (κ1) is 9.84.